The van der Waals surface area contributed by atoms with Gasteiger partial charge in [0.25, 0.3) is 0 Å². The van der Waals surface area contributed by atoms with E-state index in [0.717, 1.165) is 0 Å². The van der Waals surface area contributed by atoms with Gasteiger partial charge in [-0.1, -0.05) is 0 Å². The van der Waals surface area contributed by atoms with Crippen molar-refractivity contribution in [2.24, 2.45) is 0 Å². The first-order chi connectivity index (χ1) is 4.93. The SMILES string of the molecule is O=C1CCC(=O)N1S(=O)(=O)[O-].[Na+]. The summed E-state index contributed by atoms with van der Waals surface area (Å²) >= 11 is 0. The van der Waals surface area contributed by atoms with Crippen molar-refractivity contribution in [2.45, 2.75) is 12.8 Å². The van der Waals surface area contributed by atoms with Crippen LogP contribution in [-0.2, 0) is 19.9 Å². The maximum absolute atomic E-state index is 10.6. The molecule has 1 fully saturated rings. The maximum Gasteiger partial charge on any atom is 1.00 e. The first-order valence-corrected chi connectivity index (χ1v) is 4.11. The molecule has 62 valence electrons. The van der Waals surface area contributed by atoms with Gasteiger partial charge >= 0.3 is 29.6 Å². The van der Waals surface area contributed by atoms with Crippen LogP contribution in [-0.4, -0.2) is 29.1 Å². The van der Waals surface area contributed by atoms with Crippen molar-refractivity contribution in [3.63, 3.8) is 0 Å². The summed E-state index contributed by atoms with van der Waals surface area (Å²) in [7, 11) is -4.92. The number of imide groups is 1. The number of hydrogen-bond donors (Lipinski definition) is 0. The molecule has 1 saturated heterocycles. The van der Waals surface area contributed by atoms with Crippen molar-refractivity contribution in [3.05, 3.63) is 0 Å². The number of nitrogens with zero attached hydrogens (tertiary/aromatic N) is 1. The molecule has 0 aromatic carbocycles. The van der Waals surface area contributed by atoms with E-state index >= 15 is 0 Å². The molecule has 0 unspecified atom stereocenters. The van der Waals surface area contributed by atoms with Crippen molar-refractivity contribution < 1.29 is 52.1 Å². The molecule has 1 aliphatic rings. The summed E-state index contributed by atoms with van der Waals surface area (Å²) in [6.07, 6.45) is -0.388. The number of carbonyl (C=O) groups excluding carboxylic acids is 2. The molecule has 0 aromatic heterocycles. The van der Waals surface area contributed by atoms with Crippen molar-refractivity contribution in [2.75, 3.05) is 0 Å². The van der Waals surface area contributed by atoms with Gasteiger partial charge in [0.1, 0.15) is 0 Å². The third-order valence-corrected chi connectivity index (χ3v) is 2.08. The second-order valence-corrected chi connectivity index (χ2v) is 3.23. The van der Waals surface area contributed by atoms with Crippen LogP contribution in [0.1, 0.15) is 12.8 Å². The summed E-state index contributed by atoms with van der Waals surface area (Å²) in [5.74, 6) is -1.88. The summed E-state index contributed by atoms with van der Waals surface area (Å²) < 4.78 is 30.3. The fourth-order valence-corrected chi connectivity index (χ4v) is 1.49. The van der Waals surface area contributed by atoms with E-state index in [4.69, 9.17) is 0 Å². The molecule has 0 N–H and O–H groups in total. The standard InChI is InChI=1S/C4H5NO5S.Na/c6-3-1-2-4(7)5(3)11(8,9)10;/h1-2H2,(H,8,9,10);/q;+1/p-1. The summed E-state index contributed by atoms with van der Waals surface area (Å²) in [6, 6.07) is 0. The first kappa shape index (κ1) is 12.0. The van der Waals surface area contributed by atoms with E-state index in [1.807, 2.05) is 0 Å². The molecule has 2 amide bonds. The minimum absolute atomic E-state index is 0. The van der Waals surface area contributed by atoms with Crippen LogP contribution in [0.3, 0.4) is 0 Å². The van der Waals surface area contributed by atoms with Gasteiger partial charge in [-0.3, -0.25) is 9.59 Å². The third kappa shape index (κ3) is 2.27. The largest absolute Gasteiger partial charge is 1.00 e. The average molecular weight is 201 g/mol. The van der Waals surface area contributed by atoms with Crippen LogP contribution in [0.5, 0.6) is 0 Å². The van der Waals surface area contributed by atoms with Gasteiger partial charge in [0.05, 0.1) is 0 Å². The summed E-state index contributed by atoms with van der Waals surface area (Å²) in [5, 5.41) is 0. The van der Waals surface area contributed by atoms with Gasteiger partial charge in [-0.15, -0.1) is 0 Å². The second kappa shape index (κ2) is 3.84. The van der Waals surface area contributed by atoms with E-state index in [0.29, 0.717) is 0 Å². The Morgan fingerprint density at radius 2 is 1.50 bits per heavy atom. The van der Waals surface area contributed by atoms with Gasteiger partial charge in [0.2, 0.25) is 11.8 Å². The van der Waals surface area contributed by atoms with Crippen LogP contribution in [0.25, 0.3) is 0 Å². The van der Waals surface area contributed by atoms with Gasteiger partial charge in [-0.25, -0.2) is 8.42 Å². The van der Waals surface area contributed by atoms with E-state index in [1.54, 1.807) is 0 Å². The second-order valence-electron chi connectivity index (χ2n) is 2.01. The predicted octanol–water partition coefficient (Wildman–Crippen LogP) is -4.40. The molecular formula is C4H4NNaO5S. The zero-order valence-electron chi connectivity index (χ0n) is 6.31. The van der Waals surface area contributed by atoms with E-state index in [1.165, 1.54) is 0 Å². The maximum atomic E-state index is 10.6. The first-order valence-electron chi connectivity index (χ1n) is 2.75. The van der Waals surface area contributed by atoms with Crippen LogP contribution < -0.4 is 29.6 Å². The van der Waals surface area contributed by atoms with Crippen LogP contribution in [0.4, 0.5) is 0 Å². The van der Waals surface area contributed by atoms with Crippen molar-refractivity contribution >= 4 is 22.1 Å². The summed E-state index contributed by atoms with van der Waals surface area (Å²) in [4.78, 5) is 21.1. The summed E-state index contributed by atoms with van der Waals surface area (Å²) in [6.45, 7) is 0. The molecule has 0 aliphatic carbocycles. The Morgan fingerprint density at radius 3 is 1.67 bits per heavy atom. The fraction of sp³-hybridized carbons (Fsp3) is 0.500. The minimum atomic E-state index is -4.92. The molecule has 8 heteroatoms. The molecule has 0 aromatic rings. The Bertz CT molecular complexity index is 293. The molecule has 0 saturated carbocycles. The molecule has 1 aliphatic heterocycles. The number of rotatable bonds is 1. The average Bonchev–Trinajstić information content (AvgIpc) is 2.08. The molecular weight excluding hydrogens is 197 g/mol. The molecule has 12 heavy (non-hydrogen) atoms. The molecule has 0 spiro atoms. The molecule has 0 bridgehead atoms. The number of carbonyl (C=O) groups is 2. The van der Waals surface area contributed by atoms with Crippen LogP contribution >= 0.6 is 0 Å². The van der Waals surface area contributed by atoms with Crippen molar-refractivity contribution in [3.8, 4) is 0 Å². The van der Waals surface area contributed by atoms with Crippen molar-refractivity contribution in [1.82, 2.24) is 4.31 Å². The monoisotopic (exact) mass is 201 g/mol. The molecule has 0 radical (unpaired) electrons. The van der Waals surface area contributed by atoms with Gasteiger partial charge in [0.15, 0.2) is 10.3 Å². The predicted molar refractivity (Wildman–Crippen MR) is 30.8 cm³/mol. The fourth-order valence-electron chi connectivity index (χ4n) is 0.805. The van der Waals surface area contributed by atoms with E-state index in [2.05, 4.69) is 0 Å². The van der Waals surface area contributed by atoms with E-state index in [9.17, 15) is 22.6 Å². The number of amides is 2. The Labute approximate surface area is 91.1 Å². The normalized spacial score (nSPS) is 17.9. The van der Waals surface area contributed by atoms with Crippen LogP contribution in [0, 0.1) is 0 Å². The third-order valence-electron chi connectivity index (χ3n) is 1.23. The van der Waals surface area contributed by atoms with Gasteiger partial charge in [-0.2, -0.15) is 4.31 Å². The minimum Gasteiger partial charge on any atom is -0.730 e. The zero-order valence-corrected chi connectivity index (χ0v) is 9.13. The molecule has 1 rings (SSSR count). The van der Waals surface area contributed by atoms with E-state index < -0.39 is 22.1 Å². The van der Waals surface area contributed by atoms with E-state index in [-0.39, 0.29) is 46.7 Å². The van der Waals surface area contributed by atoms with Crippen LogP contribution in [0.15, 0.2) is 0 Å². The topological polar surface area (TPSA) is 94.6 Å². The molecule has 0 atom stereocenters. The van der Waals surface area contributed by atoms with Crippen LogP contribution in [0.2, 0.25) is 0 Å². The van der Waals surface area contributed by atoms with Crippen molar-refractivity contribution in [1.29, 1.82) is 0 Å². The number of hydrogen-bond acceptors (Lipinski definition) is 5. The Balaban J connectivity index is 0.00000121. The Hall–Kier alpha value is 0.0500. The Kier molecular flexibility index (Phi) is 3.86. The van der Waals surface area contributed by atoms with Gasteiger partial charge in [0, 0.05) is 12.8 Å². The summed E-state index contributed by atoms with van der Waals surface area (Å²) in [5.41, 5.74) is 0. The van der Waals surface area contributed by atoms with Gasteiger partial charge < -0.3 is 4.55 Å². The molecule has 1 heterocycles. The molecule has 6 nitrogen and oxygen atoms in total. The van der Waals surface area contributed by atoms with Gasteiger partial charge in [-0.05, 0) is 0 Å². The smallest absolute Gasteiger partial charge is 0.730 e. The quantitative estimate of drug-likeness (QED) is 0.242. The Morgan fingerprint density at radius 1 is 1.17 bits per heavy atom. The zero-order chi connectivity index (χ0) is 8.65.